The second kappa shape index (κ2) is 7.03. The first kappa shape index (κ1) is 17.0. The van der Waals surface area contributed by atoms with Gasteiger partial charge in [-0.3, -0.25) is 9.69 Å². The summed E-state index contributed by atoms with van der Waals surface area (Å²) in [5.41, 5.74) is 6.37. The summed E-state index contributed by atoms with van der Waals surface area (Å²) in [5.74, 6) is 3.00. The fourth-order valence-corrected chi connectivity index (χ4v) is 4.97. The first-order valence-corrected chi connectivity index (χ1v) is 9.66. The number of rotatable bonds is 3. The van der Waals surface area contributed by atoms with Gasteiger partial charge in [-0.05, 0) is 44.4 Å². The monoisotopic (exact) mass is 347 g/mol. The second-order valence-corrected chi connectivity index (χ2v) is 8.03. The summed E-state index contributed by atoms with van der Waals surface area (Å²) < 4.78 is 5.19. The lowest BCUT2D eigenvalue weighted by molar-refractivity contribution is -0.140. The highest BCUT2D eigenvalue weighted by atomic mass is 16.5. The Morgan fingerprint density at radius 1 is 1.20 bits per heavy atom. The number of hydrogen-bond acceptors (Lipinski definition) is 6. The fourth-order valence-electron chi connectivity index (χ4n) is 4.97. The summed E-state index contributed by atoms with van der Waals surface area (Å²) >= 11 is 0. The van der Waals surface area contributed by atoms with Crippen LogP contribution in [0.3, 0.4) is 0 Å². The minimum atomic E-state index is 0.195. The summed E-state index contributed by atoms with van der Waals surface area (Å²) in [6.45, 7) is 5.83. The van der Waals surface area contributed by atoms with Gasteiger partial charge in [0, 0.05) is 38.1 Å². The van der Waals surface area contributed by atoms with Crippen molar-refractivity contribution >= 4 is 5.91 Å². The maximum Gasteiger partial charge on any atom is 0.240 e. The zero-order chi connectivity index (χ0) is 17.4. The minimum absolute atomic E-state index is 0.195. The molecule has 2 saturated carbocycles. The van der Waals surface area contributed by atoms with Crippen LogP contribution in [-0.2, 0) is 11.3 Å². The summed E-state index contributed by atoms with van der Waals surface area (Å²) in [6, 6.07) is 0.326. The quantitative estimate of drug-likeness (QED) is 0.883. The topological polar surface area (TPSA) is 88.5 Å². The van der Waals surface area contributed by atoms with E-state index in [0.29, 0.717) is 42.0 Å². The number of carbonyl (C=O) groups is 1. The molecule has 1 aromatic rings. The standard InChI is InChI=1S/C18H29N5O2/c1-12-20-16(25-21-12)11-22-5-7-23(8-6-22)18(24)15-9-13-3-2-4-14(10-15)17(13)19/h13-15,17H,2-11,19H2,1H3. The Morgan fingerprint density at radius 3 is 2.48 bits per heavy atom. The van der Waals surface area contributed by atoms with Crippen LogP contribution in [0, 0.1) is 24.7 Å². The van der Waals surface area contributed by atoms with Crippen molar-refractivity contribution in [2.75, 3.05) is 26.2 Å². The zero-order valence-electron chi connectivity index (χ0n) is 15.1. The van der Waals surface area contributed by atoms with Gasteiger partial charge in [0.05, 0.1) is 6.54 Å². The van der Waals surface area contributed by atoms with Gasteiger partial charge in [-0.25, -0.2) is 0 Å². The second-order valence-electron chi connectivity index (χ2n) is 8.03. The van der Waals surface area contributed by atoms with Crippen molar-refractivity contribution in [2.45, 2.75) is 51.6 Å². The van der Waals surface area contributed by atoms with E-state index in [-0.39, 0.29) is 5.92 Å². The molecule has 1 amide bonds. The molecule has 2 N–H and O–H groups in total. The lowest BCUT2D eigenvalue weighted by Gasteiger charge is -2.45. The predicted molar refractivity (Wildman–Crippen MR) is 92.4 cm³/mol. The molecule has 7 nitrogen and oxygen atoms in total. The van der Waals surface area contributed by atoms with E-state index in [2.05, 4.69) is 19.9 Å². The average molecular weight is 347 g/mol. The van der Waals surface area contributed by atoms with Gasteiger partial charge in [-0.15, -0.1) is 0 Å². The van der Waals surface area contributed by atoms with Crippen molar-refractivity contribution in [1.82, 2.24) is 19.9 Å². The van der Waals surface area contributed by atoms with Crippen LogP contribution in [0.1, 0.15) is 43.8 Å². The van der Waals surface area contributed by atoms with Gasteiger partial charge in [0.25, 0.3) is 0 Å². The SMILES string of the molecule is Cc1noc(CN2CCN(C(=O)C3CC4CCCC(C3)C4N)CC2)n1. The number of aryl methyl sites for hydroxylation is 1. The van der Waals surface area contributed by atoms with E-state index in [1.807, 2.05) is 6.92 Å². The third-order valence-corrected chi connectivity index (χ3v) is 6.37. The van der Waals surface area contributed by atoms with Crippen LogP contribution in [0.15, 0.2) is 4.52 Å². The third-order valence-electron chi connectivity index (χ3n) is 6.37. The van der Waals surface area contributed by atoms with E-state index in [1.165, 1.54) is 19.3 Å². The van der Waals surface area contributed by atoms with Gasteiger partial charge >= 0.3 is 0 Å². The number of carbonyl (C=O) groups excluding carboxylic acids is 1. The van der Waals surface area contributed by atoms with Crippen molar-refractivity contribution in [2.24, 2.45) is 23.5 Å². The highest BCUT2D eigenvalue weighted by Gasteiger charge is 2.41. The molecule has 0 radical (unpaired) electrons. The van der Waals surface area contributed by atoms with Gasteiger partial charge in [0.15, 0.2) is 5.82 Å². The number of fused-ring (bicyclic) bond motifs is 2. The van der Waals surface area contributed by atoms with Crippen molar-refractivity contribution < 1.29 is 9.32 Å². The van der Waals surface area contributed by atoms with Crippen molar-refractivity contribution in [3.63, 3.8) is 0 Å². The molecule has 2 bridgehead atoms. The van der Waals surface area contributed by atoms with Gasteiger partial charge in [-0.2, -0.15) is 4.98 Å². The summed E-state index contributed by atoms with van der Waals surface area (Å²) in [7, 11) is 0. The molecule has 3 fully saturated rings. The molecule has 1 saturated heterocycles. The Bertz CT molecular complexity index is 596. The van der Waals surface area contributed by atoms with E-state index in [0.717, 1.165) is 39.0 Å². The van der Waals surface area contributed by atoms with Crippen LogP contribution >= 0.6 is 0 Å². The number of nitrogens with zero attached hydrogens (tertiary/aromatic N) is 4. The van der Waals surface area contributed by atoms with Crippen LogP contribution in [-0.4, -0.2) is 58.1 Å². The Balaban J connectivity index is 1.29. The van der Waals surface area contributed by atoms with Crippen LogP contribution in [0.25, 0.3) is 0 Å². The van der Waals surface area contributed by atoms with Gasteiger partial charge < -0.3 is 15.2 Å². The number of piperazine rings is 1. The maximum atomic E-state index is 13.0. The van der Waals surface area contributed by atoms with E-state index in [4.69, 9.17) is 10.3 Å². The normalized spacial score (nSPS) is 33.4. The number of amides is 1. The van der Waals surface area contributed by atoms with Gasteiger partial charge in [0.1, 0.15) is 0 Å². The molecule has 3 aliphatic rings. The lowest BCUT2D eigenvalue weighted by Crippen LogP contribution is -2.53. The van der Waals surface area contributed by atoms with E-state index < -0.39 is 0 Å². The molecule has 25 heavy (non-hydrogen) atoms. The third kappa shape index (κ3) is 3.58. The minimum Gasteiger partial charge on any atom is -0.340 e. The lowest BCUT2D eigenvalue weighted by atomic mass is 9.65. The van der Waals surface area contributed by atoms with Crippen LogP contribution < -0.4 is 5.73 Å². The summed E-state index contributed by atoms with van der Waals surface area (Å²) in [5, 5.41) is 3.83. The van der Waals surface area contributed by atoms with Gasteiger partial charge in [-0.1, -0.05) is 11.6 Å². The first-order valence-electron chi connectivity index (χ1n) is 9.66. The van der Waals surface area contributed by atoms with Crippen LogP contribution in [0.5, 0.6) is 0 Å². The molecule has 0 aromatic carbocycles. The molecule has 2 atom stereocenters. The number of hydrogen-bond donors (Lipinski definition) is 1. The maximum absolute atomic E-state index is 13.0. The molecule has 4 rings (SSSR count). The largest absolute Gasteiger partial charge is 0.340 e. The van der Waals surface area contributed by atoms with Gasteiger partial charge in [0.2, 0.25) is 11.8 Å². The number of aromatic nitrogens is 2. The molecule has 7 heteroatoms. The molecule has 1 aliphatic heterocycles. The molecule has 2 unspecified atom stereocenters. The molecule has 1 aromatic heterocycles. The predicted octanol–water partition coefficient (Wildman–Crippen LogP) is 1.18. The van der Waals surface area contributed by atoms with E-state index in [9.17, 15) is 4.79 Å². The Hall–Kier alpha value is -1.47. The summed E-state index contributed by atoms with van der Waals surface area (Å²) in [6.07, 6.45) is 5.70. The molecular weight excluding hydrogens is 318 g/mol. The zero-order valence-corrected chi connectivity index (χ0v) is 15.1. The van der Waals surface area contributed by atoms with E-state index >= 15 is 0 Å². The Labute approximate surface area is 148 Å². The Morgan fingerprint density at radius 2 is 1.88 bits per heavy atom. The fraction of sp³-hybridized carbons (Fsp3) is 0.833. The van der Waals surface area contributed by atoms with Crippen LogP contribution in [0.4, 0.5) is 0 Å². The molecule has 2 heterocycles. The Kier molecular flexibility index (Phi) is 4.78. The average Bonchev–Trinajstić information content (AvgIpc) is 2.99. The first-order chi connectivity index (χ1) is 12.1. The van der Waals surface area contributed by atoms with Crippen molar-refractivity contribution in [3.8, 4) is 0 Å². The van der Waals surface area contributed by atoms with Crippen molar-refractivity contribution in [1.29, 1.82) is 0 Å². The van der Waals surface area contributed by atoms with Crippen LogP contribution in [0.2, 0.25) is 0 Å². The highest BCUT2D eigenvalue weighted by Crippen LogP contribution is 2.42. The molecular formula is C18H29N5O2. The molecule has 138 valence electrons. The molecule has 2 aliphatic carbocycles. The number of nitrogens with two attached hydrogens (primary N) is 1. The van der Waals surface area contributed by atoms with E-state index in [1.54, 1.807) is 0 Å². The van der Waals surface area contributed by atoms with Crippen molar-refractivity contribution in [3.05, 3.63) is 11.7 Å². The summed E-state index contributed by atoms with van der Waals surface area (Å²) in [4.78, 5) is 21.6. The highest BCUT2D eigenvalue weighted by molar-refractivity contribution is 5.79. The smallest absolute Gasteiger partial charge is 0.240 e. The molecule has 0 spiro atoms.